The number of rotatable bonds is 9. The number of carbonyl (C=O) groups is 1. The summed E-state index contributed by atoms with van der Waals surface area (Å²) in [6, 6.07) is 7.93. The number of hydrogen-bond acceptors (Lipinski definition) is 6. The number of fused-ring (bicyclic) bond motifs is 3. The van der Waals surface area contributed by atoms with E-state index in [0.717, 1.165) is 54.1 Å². The summed E-state index contributed by atoms with van der Waals surface area (Å²) in [7, 11) is 0. The Bertz CT molecular complexity index is 941. The first-order chi connectivity index (χ1) is 13.0. The van der Waals surface area contributed by atoms with Crippen molar-refractivity contribution in [2.75, 3.05) is 11.9 Å². The van der Waals surface area contributed by atoms with Gasteiger partial charge in [-0.1, -0.05) is 32.4 Å². The van der Waals surface area contributed by atoms with Gasteiger partial charge in [0.25, 0.3) is 0 Å². The molecule has 28 heavy (non-hydrogen) atoms. The predicted octanol–water partition coefficient (Wildman–Crippen LogP) is 3.26. The zero-order valence-electron chi connectivity index (χ0n) is 16.6. The quantitative estimate of drug-likeness (QED) is 0.533. The van der Waals surface area contributed by atoms with Crippen LogP contribution in [0.2, 0.25) is 0 Å². The van der Waals surface area contributed by atoms with Gasteiger partial charge in [0.15, 0.2) is 11.6 Å². The zero-order chi connectivity index (χ0) is 19.4. The van der Waals surface area contributed by atoms with Gasteiger partial charge in [-0.05, 0) is 37.8 Å². The minimum atomic E-state index is -0.839. The number of aromatic nitrogens is 4. The van der Waals surface area contributed by atoms with Crippen LogP contribution >= 0.6 is 13.5 Å². The van der Waals surface area contributed by atoms with E-state index in [4.69, 9.17) is 0 Å². The molecule has 0 saturated heterocycles. The minimum absolute atomic E-state index is 0. The topological polar surface area (TPSA) is 92.4 Å². The second-order valence-electron chi connectivity index (χ2n) is 7.25. The molecule has 2 N–H and O–H groups in total. The summed E-state index contributed by atoms with van der Waals surface area (Å²) in [5.74, 6) is 1.47. The average molecular weight is 404 g/mol. The van der Waals surface area contributed by atoms with Crippen molar-refractivity contribution in [3.05, 3.63) is 30.1 Å². The fraction of sp³-hybridized carbons (Fsp3) is 0.500. The van der Waals surface area contributed by atoms with Crippen LogP contribution in [0.5, 0.6) is 0 Å². The van der Waals surface area contributed by atoms with E-state index in [-0.39, 0.29) is 25.2 Å². The Hall–Kier alpha value is -2.19. The summed E-state index contributed by atoms with van der Waals surface area (Å²) in [6.07, 6.45) is 2.21. The number of aliphatic hydroxyl groups is 1. The van der Waals surface area contributed by atoms with Gasteiger partial charge in [-0.25, -0.2) is 4.98 Å². The van der Waals surface area contributed by atoms with Crippen molar-refractivity contribution in [1.29, 1.82) is 0 Å². The maximum absolute atomic E-state index is 11.8. The maximum atomic E-state index is 11.8. The van der Waals surface area contributed by atoms with Gasteiger partial charge in [0.05, 0.1) is 11.0 Å². The van der Waals surface area contributed by atoms with E-state index >= 15 is 0 Å². The highest BCUT2D eigenvalue weighted by Crippen LogP contribution is 2.21. The summed E-state index contributed by atoms with van der Waals surface area (Å²) < 4.78 is 2.01. The van der Waals surface area contributed by atoms with Crippen molar-refractivity contribution in [3.63, 3.8) is 0 Å². The fourth-order valence-corrected chi connectivity index (χ4v) is 3.17. The number of aryl methyl sites for hydroxylation is 1. The van der Waals surface area contributed by atoms with Gasteiger partial charge in [0, 0.05) is 13.0 Å². The van der Waals surface area contributed by atoms with E-state index in [0.29, 0.717) is 6.42 Å². The monoisotopic (exact) mass is 403 g/mol. The number of para-hydroxylation sites is 2. The molecule has 8 heteroatoms. The van der Waals surface area contributed by atoms with E-state index in [1.807, 2.05) is 49.4 Å². The predicted molar refractivity (Wildman–Crippen MR) is 116 cm³/mol. The van der Waals surface area contributed by atoms with E-state index in [9.17, 15) is 9.90 Å². The van der Waals surface area contributed by atoms with Gasteiger partial charge >= 0.3 is 0 Å². The number of carbonyl (C=O) groups excluding carboxylic acids is 1. The van der Waals surface area contributed by atoms with E-state index in [1.165, 1.54) is 0 Å². The smallest absolute Gasteiger partial charge is 0.204 e. The highest BCUT2D eigenvalue weighted by molar-refractivity contribution is 7.59. The normalized spacial score (nSPS) is 12.3. The Kier molecular flexibility index (Phi) is 7.77. The Morgan fingerprint density at radius 1 is 1.18 bits per heavy atom. The first kappa shape index (κ1) is 22.1. The van der Waals surface area contributed by atoms with Crippen molar-refractivity contribution in [3.8, 4) is 0 Å². The van der Waals surface area contributed by atoms with Gasteiger partial charge < -0.3 is 10.4 Å². The molecule has 2 aromatic heterocycles. The second-order valence-corrected chi connectivity index (χ2v) is 7.25. The molecule has 0 saturated carbocycles. The molecule has 152 valence electrons. The van der Waals surface area contributed by atoms with Crippen LogP contribution in [-0.4, -0.2) is 43.1 Å². The van der Waals surface area contributed by atoms with E-state index < -0.39 is 6.10 Å². The molecule has 3 aromatic rings. The van der Waals surface area contributed by atoms with Crippen LogP contribution in [0.15, 0.2) is 24.3 Å². The third-order valence-electron chi connectivity index (χ3n) is 4.75. The van der Waals surface area contributed by atoms with Gasteiger partial charge in [0.2, 0.25) is 5.65 Å². The Balaban J connectivity index is 0.00000280. The van der Waals surface area contributed by atoms with Crippen molar-refractivity contribution in [1.82, 2.24) is 19.6 Å². The van der Waals surface area contributed by atoms with Gasteiger partial charge in [-0.15, -0.1) is 10.2 Å². The molecule has 2 heterocycles. The zero-order valence-corrected chi connectivity index (χ0v) is 17.6. The van der Waals surface area contributed by atoms with Crippen molar-refractivity contribution < 1.29 is 9.90 Å². The third kappa shape index (κ3) is 4.80. The Morgan fingerprint density at radius 2 is 1.93 bits per heavy atom. The maximum Gasteiger partial charge on any atom is 0.204 e. The third-order valence-corrected chi connectivity index (χ3v) is 4.75. The minimum Gasteiger partial charge on any atom is -0.385 e. The summed E-state index contributed by atoms with van der Waals surface area (Å²) in [5, 5.41) is 21.5. The number of nitrogens with one attached hydrogen (secondary N) is 1. The lowest BCUT2D eigenvalue weighted by molar-refractivity contribution is -0.129. The molecular formula is C20H29N5O2S. The average Bonchev–Trinajstić information content (AvgIpc) is 3.05. The number of benzene rings is 1. The van der Waals surface area contributed by atoms with Gasteiger partial charge in [-0.2, -0.15) is 13.5 Å². The van der Waals surface area contributed by atoms with E-state index in [1.54, 1.807) is 0 Å². The molecule has 3 rings (SSSR count). The SMILES string of the molecule is Cc1nnc2c(NCCCCCC(=O)[C@@H](O)C(C)C)nc3ccccc3n12.S. The number of Topliss-reactive ketones (excluding diaryl/α,β-unsaturated/α-hetero) is 1. The molecule has 0 unspecified atom stereocenters. The van der Waals surface area contributed by atoms with Crippen LogP contribution < -0.4 is 5.32 Å². The molecular weight excluding hydrogens is 374 g/mol. The Morgan fingerprint density at radius 3 is 2.68 bits per heavy atom. The van der Waals surface area contributed by atoms with Crippen LogP contribution in [0.4, 0.5) is 5.82 Å². The van der Waals surface area contributed by atoms with Crippen LogP contribution in [0.3, 0.4) is 0 Å². The molecule has 7 nitrogen and oxygen atoms in total. The Labute approximate surface area is 172 Å². The summed E-state index contributed by atoms with van der Waals surface area (Å²) in [4.78, 5) is 16.5. The fourth-order valence-electron chi connectivity index (χ4n) is 3.17. The molecule has 0 aliphatic carbocycles. The summed E-state index contributed by atoms with van der Waals surface area (Å²) in [6.45, 7) is 6.39. The van der Waals surface area contributed by atoms with Crippen LogP contribution in [0.1, 0.15) is 45.4 Å². The molecule has 0 amide bonds. The number of unbranched alkanes of at least 4 members (excludes halogenated alkanes) is 2. The lowest BCUT2D eigenvalue weighted by Gasteiger charge is -2.13. The van der Waals surface area contributed by atoms with E-state index in [2.05, 4.69) is 20.5 Å². The first-order valence-corrected chi connectivity index (χ1v) is 9.54. The molecule has 1 aromatic carbocycles. The highest BCUT2D eigenvalue weighted by atomic mass is 32.1. The summed E-state index contributed by atoms with van der Waals surface area (Å²) >= 11 is 0. The molecule has 0 spiro atoms. The number of aliphatic hydroxyl groups excluding tert-OH is 1. The molecule has 0 fully saturated rings. The second kappa shape index (κ2) is 9.84. The van der Waals surface area contributed by atoms with Crippen LogP contribution in [-0.2, 0) is 4.79 Å². The highest BCUT2D eigenvalue weighted by Gasteiger charge is 2.17. The number of hydrogen-bond donors (Lipinski definition) is 2. The first-order valence-electron chi connectivity index (χ1n) is 9.54. The van der Waals surface area contributed by atoms with Crippen molar-refractivity contribution in [2.24, 2.45) is 5.92 Å². The van der Waals surface area contributed by atoms with Crippen LogP contribution in [0.25, 0.3) is 16.7 Å². The largest absolute Gasteiger partial charge is 0.385 e. The van der Waals surface area contributed by atoms with Crippen molar-refractivity contribution >= 4 is 41.8 Å². The molecule has 0 radical (unpaired) electrons. The lowest BCUT2D eigenvalue weighted by Crippen LogP contribution is -2.25. The van der Waals surface area contributed by atoms with Crippen molar-refractivity contribution in [2.45, 2.75) is 52.6 Å². The molecule has 0 aliphatic rings. The van der Waals surface area contributed by atoms with Gasteiger partial charge in [0.1, 0.15) is 11.9 Å². The van der Waals surface area contributed by atoms with Crippen LogP contribution in [0, 0.1) is 12.8 Å². The number of nitrogens with zero attached hydrogens (tertiary/aromatic N) is 4. The number of ketones is 1. The standard InChI is InChI=1S/C20H27N5O2.H2S/c1-13(2)18(27)17(26)11-5-4-8-12-21-19-20-24-23-14(3)25(20)16-10-7-6-9-15(16)22-19;/h6-7,9-10,13,18,27H,4-5,8,11-12H2,1-3H3,(H,21,22);1H2/t18-;/m0./s1. The number of anilines is 1. The molecule has 1 atom stereocenters. The van der Waals surface area contributed by atoms with Gasteiger partial charge in [-0.3, -0.25) is 9.20 Å². The lowest BCUT2D eigenvalue weighted by atomic mass is 9.99. The molecule has 0 aliphatic heterocycles. The summed E-state index contributed by atoms with van der Waals surface area (Å²) in [5.41, 5.74) is 2.60. The molecule has 0 bridgehead atoms.